The van der Waals surface area contributed by atoms with E-state index in [1.54, 1.807) is 35.4 Å². The highest BCUT2D eigenvalue weighted by atomic mass is 35.5. The van der Waals surface area contributed by atoms with Crippen LogP contribution in [0.1, 0.15) is 61.9 Å². The number of hydrazine groups is 1. The molecule has 0 radical (unpaired) electrons. The second-order valence-electron chi connectivity index (χ2n) is 16.0. The zero-order valence-electron chi connectivity index (χ0n) is 36.1. The van der Waals surface area contributed by atoms with Gasteiger partial charge in [-0.25, -0.2) is 29.5 Å². The van der Waals surface area contributed by atoms with Gasteiger partial charge in [0.25, 0.3) is 0 Å². The number of nitrogens with zero attached hydrogens (tertiary/aromatic N) is 5. The Morgan fingerprint density at radius 2 is 1.85 bits per heavy atom. The Labute approximate surface area is 384 Å². The summed E-state index contributed by atoms with van der Waals surface area (Å²) in [5, 5.41) is 23.7. The van der Waals surface area contributed by atoms with Gasteiger partial charge in [-0.3, -0.25) is 19.6 Å². The minimum Gasteiger partial charge on any atom is -0.466 e. The third-order valence-corrected chi connectivity index (χ3v) is 12.9. The summed E-state index contributed by atoms with van der Waals surface area (Å²) in [7, 11) is 1.26. The maximum atomic E-state index is 14.0. The lowest BCUT2D eigenvalue weighted by molar-refractivity contribution is -0.136. The number of urea groups is 1. The summed E-state index contributed by atoms with van der Waals surface area (Å²) >= 11 is 8.30. The maximum Gasteiger partial charge on any atom is 0.338 e. The van der Waals surface area contributed by atoms with Crippen molar-refractivity contribution < 1.29 is 42.5 Å². The number of thioether (sulfide) groups is 1. The molecule has 350 valence electrons. The van der Waals surface area contributed by atoms with Gasteiger partial charge in [0.15, 0.2) is 0 Å². The first-order chi connectivity index (χ1) is 31.5. The minimum atomic E-state index is -0.916. The Bertz CT molecular complexity index is 2220. The zero-order chi connectivity index (χ0) is 45.8. The number of hydrogen-bond donors (Lipinski definition) is 7. The monoisotopic (exact) mass is 940 g/mol. The highest BCUT2D eigenvalue weighted by molar-refractivity contribution is 8.00. The number of ether oxygens (including phenoxy) is 4. The van der Waals surface area contributed by atoms with Crippen molar-refractivity contribution >= 4 is 53.0 Å². The first-order valence-electron chi connectivity index (χ1n) is 21.4. The van der Waals surface area contributed by atoms with Gasteiger partial charge in [0.05, 0.1) is 88.5 Å². The van der Waals surface area contributed by atoms with E-state index in [9.17, 15) is 23.6 Å². The summed E-state index contributed by atoms with van der Waals surface area (Å²) in [5.41, 5.74) is 7.81. The fourth-order valence-corrected chi connectivity index (χ4v) is 9.47. The van der Waals surface area contributed by atoms with Crippen LogP contribution in [0.2, 0.25) is 5.02 Å². The fourth-order valence-electron chi connectivity index (χ4n) is 7.65. The zero-order valence-corrected chi connectivity index (χ0v) is 37.6. The minimum absolute atomic E-state index is 0.0564. The SMILES string of the molecule is COC(=O)C1=C(COCc2cn(CCOCCOCCNC(=O)[C@H](CC3(C)NN3)NC(=O)CCCC[C@@H]3SC[C@@H]4NC(=O)N[C@@H]43)nn2)NC(c2ccncc2)=NC1c1ccc(F)cc1Cl. The third-order valence-electron chi connectivity index (χ3n) is 11.1. The number of carbonyl (C=O) groups excluding carboxylic acids is 4. The molecule has 5 atom stereocenters. The van der Waals surface area contributed by atoms with Gasteiger partial charge in [-0.2, -0.15) is 11.8 Å². The first kappa shape index (κ1) is 47.7. The quantitative estimate of drug-likeness (QED) is 0.0276. The Morgan fingerprint density at radius 3 is 2.62 bits per heavy atom. The Hall–Kier alpha value is -5.23. The van der Waals surface area contributed by atoms with Crippen molar-refractivity contribution in [3.8, 4) is 0 Å². The van der Waals surface area contributed by atoms with Crippen molar-refractivity contribution in [3.05, 3.63) is 87.9 Å². The fraction of sp³-hybridized carbons (Fsp3) is 0.524. The van der Waals surface area contributed by atoms with Gasteiger partial charge < -0.3 is 45.5 Å². The molecule has 3 fully saturated rings. The molecule has 0 bridgehead atoms. The van der Waals surface area contributed by atoms with Gasteiger partial charge in [0, 0.05) is 58.9 Å². The second-order valence-corrected chi connectivity index (χ2v) is 17.7. The molecule has 0 spiro atoms. The van der Waals surface area contributed by atoms with Gasteiger partial charge in [-0.05, 0) is 44.0 Å². The van der Waals surface area contributed by atoms with Gasteiger partial charge in [-0.1, -0.05) is 29.3 Å². The molecule has 7 rings (SSSR count). The number of benzene rings is 1. The van der Waals surface area contributed by atoms with Gasteiger partial charge in [-0.15, -0.1) is 5.10 Å². The van der Waals surface area contributed by atoms with Crippen LogP contribution in [-0.2, 0) is 46.5 Å². The van der Waals surface area contributed by atoms with Gasteiger partial charge >= 0.3 is 12.0 Å². The number of esters is 1. The molecule has 0 saturated carbocycles. The molecule has 23 heteroatoms. The lowest BCUT2D eigenvalue weighted by atomic mass is 9.95. The lowest BCUT2D eigenvalue weighted by Crippen LogP contribution is -2.49. The number of methoxy groups -OCH3 is 1. The number of rotatable bonds is 25. The number of pyridine rings is 1. The third kappa shape index (κ3) is 13.4. The first-order valence-corrected chi connectivity index (χ1v) is 22.8. The predicted octanol–water partition coefficient (Wildman–Crippen LogP) is 1.77. The molecule has 7 N–H and O–H groups in total. The van der Waals surface area contributed by atoms with Gasteiger partial charge in [0.2, 0.25) is 11.8 Å². The van der Waals surface area contributed by atoms with Crippen LogP contribution >= 0.6 is 23.4 Å². The van der Waals surface area contributed by atoms with Crippen LogP contribution in [0.4, 0.5) is 9.18 Å². The van der Waals surface area contributed by atoms with Crippen molar-refractivity contribution in [2.45, 2.75) is 87.3 Å². The summed E-state index contributed by atoms with van der Waals surface area (Å²) < 4.78 is 38.1. The van der Waals surface area contributed by atoms with Crippen LogP contribution < -0.4 is 37.4 Å². The van der Waals surface area contributed by atoms with Crippen LogP contribution in [0.25, 0.3) is 0 Å². The summed E-state index contributed by atoms with van der Waals surface area (Å²) in [6.07, 6.45) is 8.10. The van der Waals surface area contributed by atoms with Crippen molar-refractivity contribution in [1.29, 1.82) is 0 Å². The number of amides is 4. The number of amidine groups is 1. The average molecular weight is 941 g/mol. The molecule has 4 amide bonds. The maximum absolute atomic E-state index is 14.0. The smallest absolute Gasteiger partial charge is 0.338 e. The molecule has 65 heavy (non-hydrogen) atoms. The molecular weight excluding hydrogens is 887 g/mol. The van der Waals surface area contributed by atoms with E-state index in [2.05, 4.69) is 52.7 Å². The van der Waals surface area contributed by atoms with E-state index in [1.165, 1.54) is 25.3 Å². The van der Waals surface area contributed by atoms with Crippen LogP contribution in [0.15, 0.2) is 65.2 Å². The van der Waals surface area contributed by atoms with Crippen molar-refractivity contribution in [1.82, 2.24) is 57.4 Å². The Kier molecular flexibility index (Phi) is 16.7. The van der Waals surface area contributed by atoms with Crippen molar-refractivity contribution in [2.75, 3.05) is 52.4 Å². The molecule has 3 aromatic rings. The summed E-state index contributed by atoms with van der Waals surface area (Å²) in [4.78, 5) is 59.6. The largest absolute Gasteiger partial charge is 0.466 e. The Balaban J connectivity index is 0.784. The van der Waals surface area contributed by atoms with E-state index in [0.717, 1.165) is 18.6 Å². The van der Waals surface area contributed by atoms with Crippen LogP contribution in [-0.4, -0.2) is 131 Å². The second kappa shape index (κ2) is 22.8. The van der Waals surface area contributed by atoms with Crippen molar-refractivity contribution in [3.63, 3.8) is 0 Å². The van der Waals surface area contributed by atoms with Crippen molar-refractivity contribution in [2.24, 2.45) is 4.99 Å². The number of unbranched alkanes of at least 4 members (excludes halogenated alkanes) is 1. The molecule has 1 aromatic carbocycles. The molecule has 4 aliphatic rings. The highest BCUT2D eigenvalue weighted by Crippen LogP contribution is 2.37. The molecular formula is C42H54ClFN12O8S. The topological polar surface area (TPSA) is 265 Å². The molecule has 1 unspecified atom stereocenters. The molecule has 20 nitrogen and oxygen atoms in total. The molecule has 0 aliphatic carbocycles. The van der Waals surface area contributed by atoms with Gasteiger partial charge in [0.1, 0.15) is 29.4 Å². The summed E-state index contributed by atoms with van der Waals surface area (Å²) in [6, 6.07) is 5.99. The highest BCUT2D eigenvalue weighted by Gasteiger charge is 2.43. The number of fused-ring (bicyclic) bond motifs is 1. The number of nitrogens with one attached hydrogen (secondary N) is 7. The molecule has 3 saturated heterocycles. The molecule has 4 aliphatic heterocycles. The number of hydrogen-bond acceptors (Lipinski definition) is 16. The van der Waals surface area contributed by atoms with E-state index < -0.39 is 29.5 Å². The number of aliphatic imine (C=N–C) groups is 1. The Morgan fingerprint density at radius 1 is 1.05 bits per heavy atom. The van der Waals surface area contributed by atoms with E-state index in [-0.39, 0.29) is 66.9 Å². The number of aromatic nitrogens is 4. The average Bonchev–Trinajstić information content (AvgIpc) is 3.54. The normalized spacial score (nSPS) is 21.1. The lowest BCUT2D eigenvalue weighted by Gasteiger charge is -2.28. The van der Waals surface area contributed by atoms with Crippen LogP contribution in [0.3, 0.4) is 0 Å². The van der Waals surface area contributed by atoms with E-state index in [4.69, 9.17) is 35.5 Å². The summed E-state index contributed by atoms with van der Waals surface area (Å²) in [6.45, 7) is 3.84. The van der Waals surface area contributed by atoms with E-state index >= 15 is 0 Å². The van der Waals surface area contributed by atoms with E-state index in [0.29, 0.717) is 79.2 Å². The standard InChI is InChI=1S/C42H54ClFN12O8S/c1-42(53-54-42)20-30(47-34(57)6-4-3-5-33-37-32(24-65-33)49-41(60)51-37)39(58)46-13-15-62-17-18-63-16-14-56-21-27(52-55-56)22-64-23-31-35(40(59)61-2)36(28-8-7-26(44)19-29(28)43)50-38(48-31)25-9-11-45-12-10-25/h7-12,19,21,30,32-33,36-37,53-54H,3-6,13-18,20,22-24H2,1-2H3,(H,46,58)(H,47,57)(H,48,50)(H2,49,51,60)/t30-,32-,33-,36?,37-/m0/s1. The molecule has 6 heterocycles. The summed E-state index contributed by atoms with van der Waals surface area (Å²) in [5.74, 6) is -0.312. The number of carbonyl (C=O) groups is 4. The van der Waals surface area contributed by atoms with E-state index in [1.807, 2.05) is 18.7 Å². The van der Waals surface area contributed by atoms with Crippen LogP contribution in [0, 0.1) is 5.82 Å². The number of halogens is 2. The van der Waals surface area contributed by atoms with Crippen LogP contribution in [0.5, 0.6) is 0 Å². The predicted molar refractivity (Wildman–Crippen MR) is 237 cm³/mol. The molecule has 2 aromatic heterocycles.